The number of halogens is 1. The van der Waals surface area contributed by atoms with E-state index >= 15 is 0 Å². The Morgan fingerprint density at radius 3 is 2.59 bits per heavy atom. The summed E-state index contributed by atoms with van der Waals surface area (Å²) < 4.78 is 25.1. The van der Waals surface area contributed by atoms with Crippen molar-refractivity contribution < 1.29 is 13.9 Å². The van der Waals surface area contributed by atoms with E-state index in [4.69, 9.17) is 9.47 Å². The van der Waals surface area contributed by atoms with Crippen LogP contribution in [0.3, 0.4) is 0 Å². The summed E-state index contributed by atoms with van der Waals surface area (Å²) in [4.78, 5) is 2.59. The van der Waals surface area contributed by atoms with Crippen molar-refractivity contribution in [1.29, 1.82) is 0 Å². The van der Waals surface area contributed by atoms with Crippen LogP contribution >= 0.6 is 0 Å². The average molecular weight is 379 g/mol. The molecule has 1 aromatic carbocycles. The Morgan fingerprint density at radius 2 is 1.93 bits per heavy atom. The van der Waals surface area contributed by atoms with Gasteiger partial charge in [0, 0.05) is 25.4 Å². The summed E-state index contributed by atoms with van der Waals surface area (Å²) in [5.41, 5.74) is 1.21. The maximum absolute atomic E-state index is 13.1. The van der Waals surface area contributed by atoms with Crippen molar-refractivity contribution in [1.82, 2.24) is 10.2 Å². The highest BCUT2D eigenvalue weighted by Crippen LogP contribution is 2.39. The van der Waals surface area contributed by atoms with E-state index < -0.39 is 0 Å². The van der Waals surface area contributed by atoms with Gasteiger partial charge in [0.2, 0.25) is 0 Å². The van der Waals surface area contributed by atoms with E-state index in [2.05, 4.69) is 24.2 Å². The highest BCUT2D eigenvalue weighted by molar-refractivity contribution is 5.16. The van der Waals surface area contributed by atoms with Crippen LogP contribution in [0.2, 0.25) is 0 Å². The summed E-state index contributed by atoms with van der Waals surface area (Å²) in [6, 6.07) is 7.44. The lowest BCUT2D eigenvalue weighted by Gasteiger charge is -2.42. The first-order chi connectivity index (χ1) is 13.1. The molecular weight excluding hydrogens is 343 g/mol. The van der Waals surface area contributed by atoms with E-state index in [-0.39, 0.29) is 11.6 Å². The zero-order chi connectivity index (χ0) is 19.1. The molecule has 1 aromatic rings. The zero-order valence-corrected chi connectivity index (χ0v) is 16.9. The molecule has 1 saturated heterocycles. The quantitative estimate of drug-likeness (QED) is 0.712. The Hall–Kier alpha value is -1.01. The molecule has 0 radical (unpaired) electrons. The van der Waals surface area contributed by atoms with Gasteiger partial charge < -0.3 is 19.7 Å². The molecule has 27 heavy (non-hydrogen) atoms. The largest absolute Gasteiger partial charge is 0.348 e. The fourth-order valence-corrected chi connectivity index (χ4v) is 4.69. The van der Waals surface area contributed by atoms with Gasteiger partial charge in [0.1, 0.15) is 5.82 Å². The monoisotopic (exact) mass is 378 g/mol. The molecule has 152 valence electrons. The second-order valence-electron chi connectivity index (χ2n) is 8.04. The van der Waals surface area contributed by atoms with Crippen LogP contribution < -0.4 is 5.32 Å². The molecule has 1 aliphatic heterocycles. The molecule has 4 nitrogen and oxygen atoms in total. The Labute approximate surface area is 163 Å². The zero-order valence-electron chi connectivity index (χ0n) is 16.9. The summed E-state index contributed by atoms with van der Waals surface area (Å²) in [7, 11) is 2.07. The fraction of sp³-hybridized carbons (Fsp3) is 0.727. The number of hydrogen-bond acceptors (Lipinski definition) is 4. The lowest BCUT2D eigenvalue weighted by molar-refractivity contribution is -0.192. The molecule has 5 heteroatoms. The van der Waals surface area contributed by atoms with E-state index in [9.17, 15) is 4.39 Å². The summed E-state index contributed by atoms with van der Waals surface area (Å²) in [5, 5.41) is 3.52. The maximum atomic E-state index is 13.1. The first-order valence-corrected chi connectivity index (χ1v) is 10.6. The molecule has 0 bridgehead atoms. The smallest absolute Gasteiger partial charge is 0.168 e. The number of nitrogens with zero attached hydrogens (tertiary/aromatic N) is 1. The van der Waals surface area contributed by atoms with E-state index in [0.717, 1.165) is 71.4 Å². The lowest BCUT2D eigenvalue weighted by atomic mass is 9.80. The predicted octanol–water partition coefficient (Wildman–Crippen LogP) is 3.60. The van der Waals surface area contributed by atoms with Crippen molar-refractivity contribution in [3.63, 3.8) is 0 Å². The van der Waals surface area contributed by atoms with Gasteiger partial charge in [-0.2, -0.15) is 0 Å². The van der Waals surface area contributed by atoms with Crippen LogP contribution in [0.25, 0.3) is 0 Å². The number of rotatable bonds is 9. The molecule has 1 aliphatic carbocycles. The Kier molecular flexibility index (Phi) is 7.65. The van der Waals surface area contributed by atoms with Crippen LogP contribution in [0, 0.1) is 11.7 Å². The third-order valence-electron chi connectivity index (χ3n) is 6.05. The molecule has 2 fully saturated rings. The number of nitrogens with one attached hydrogen (secondary N) is 1. The van der Waals surface area contributed by atoms with E-state index in [1.807, 2.05) is 12.1 Å². The number of aryl methyl sites for hydroxylation is 1. The second-order valence-corrected chi connectivity index (χ2v) is 8.04. The van der Waals surface area contributed by atoms with Gasteiger partial charge >= 0.3 is 0 Å². The van der Waals surface area contributed by atoms with Gasteiger partial charge in [-0.15, -0.1) is 0 Å². The molecule has 1 heterocycles. The van der Waals surface area contributed by atoms with Crippen molar-refractivity contribution in [2.24, 2.45) is 5.92 Å². The Bertz CT molecular complexity index is 560. The first-order valence-electron chi connectivity index (χ1n) is 10.6. The highest BCUT2D eigenvalue weighted by Gasteiger charge is 2.44. The molecule has 0 aromatic heterocycles. The minimum Gasteiger partial charge on any atom is -0.348 e. The van der Waals surface area contributed by atoms with Crippen molar-refractivity contribution in [2.45, 2.75) is 57.3 Å². The Morgan fingerprint density at radius 1 is 1.19 bits per heavy atom. The molecule has 1 saturated carbocycles. The normalized spacial score (nSPS) is 24.7. The van der Waals surface area contributed by atoms with Crippen LogP contribution in [-0.4, -0.2) is 56.6 Å². The predicted molar refractivity (Wildman–Crippen MR) is 106 cm³/mol. The van der Waals surface area contributed by atoms with Gasteiger partial charge in [0.05, 0.1) is 13.2 Å². The van der Waals surface area contributed by atoms with Gasteiger partial charge in [-0.3, -0.25) is 0 Å². The van der Waals surface area contributed by atoms with Gasteiger partial charge in [0.15, 0.2) is 5.79 Å². The van der Waals surface area contributed by atoms with Gasteiger partial charge in [0.25, 0.3) is 0 Å². The SMILES string of the molecule is CCCN(CCCc1ccc(F)cc1)C[C@@H]1CC2(CC[C@H]1NC)OCCO2. The third kappa shape index (κ3) is 5.74. The van der Waals surface area contributed by atoms with E-state index in [1.54, 1.807) is 12.1 Å². The van der Waals surface area contributed by atoms with Gasteiger partial charge in [-0.05, 0) is 69.4 Å². The Balaban J connectivity index is 1.53. The molecule has 1 spiro atoms. The minimum absolute atomic E-state index is 0.160. The summed E-state index contributed by atoms with van der Waals surface area (Å²) in [5.74, 6) is 0.0514. The standard InChI is InChI=1S/C22H35FN2O2/c1-3-12-25(13-4-5-18-6-8-20(23)9-7-18)17-19-16-22(26-14-15-27-22)11-10-21(19)24-2/h6-9,19,21,24H,3-5,10-17H2,1-2H3/t19-,21+/m0/s1. The fourth-order valence-electron chi connectivity index (χ4n) is 4.69. The third-order valence-corrected chi connectivity index (χ3v) is 6.05. The van der Waals surface area contributed by atoms with Crippen LogP contribution in [0.1, 0.15) is 44.6 Å². The van der Waals surface area contributed by atoms with Crippen LogP contribution in [-0.2, 0) is 15.9 Å². The summed E-state index contributed by atoms with van der Waals surface area (Å²) in [6.07, 6.45) is 6.34. The minimum atomic E-state index is -0.329. The van der Waals surface area contributed by atoms with Crippen LogP contribution in [0.4, 0.5) is 4.39 Å². The number of benzene rings is 1. The van der Waals surface area contributed by atoms with Crippen LogP contribution in [0.5, 0.6) is 0 Å². The summed E-state index contributed by atoms with van der Waals surface area (Å²) >= 11 is 0. The topological polar surface area (TPSA) is 33.7 Å². The molecule has 2 atom stereocenters. The number of hydrogen-bond donors (Lipinski definition) is 1. The van der Waals surface area contributed by atoms with E-state index in [1.165, 1.54) is 5.56 Å². The van der Waals surface area contributed by atoms with Crippen molar-refractivity contribution in [2.75, 3.05) is 39.9 Å². The average Bonchev–Trinajstić information content (AvgIpc) is 3.11. The van der Waals surface area contributed by atoms with Gasteiger partial charge in [-0.1, -0.05) is 19.1 Å². The molecule has 0 amide bonds. The first kappa shape index (κ1) is 20.7. The molecule has 3 rings (SSSR count). The van der Waals surface area contributed by atoms with Crippen molar-refractivity contribution >= 4 is 0 Å². The molecule has 2 aliphatic rings. The number of ether oxygens (including phenoxy) is 2. The highest BCUT2D eigenvalue weighted by atomic mass is 19.1. The lowest BCUT2D eigenvalue weighted by Crippen LogP contribution is -2.50. The van der Waals surface area contributed by atoms with Gasteiger partial charge in [-0.25, -0.2) is 4.39 Å². The maximum Gasteiger partial charge on any atom is 0.168 e. The van der Waals surface area contributed by atoms with E-state index in [0.29, 0.717) is 12.0 Å². The second kappa shape index (κ2) is 9.97. The van der Waals surface area contributed by atoms with Crippen molar-refractivity contribution in [3.05, 3.63) is 35.6 Å². The van der Waals surface area contributed by atoms with Crippen molar-refractivity contribution in [3.8, 4) is 0 Å². The molecule has 0 unspecified atom stereocenters. The van der Waals surface area contributed by atoms with Crippen LogP contribution in [0.15, 0.2) is 24.3 Å². The molecular formula is C22H35FN2O2. The molecule has 1 N–H and O–H groups in total. The summed E-state index contributed by atoms with van der Waals surface area (Å²) in [6.45, 7) is 6.98.